The third-order valence-corrected chi connectivity index (χ3v) is 5.32. The molecule has 0 aromatic rings. The molecule has 0 aliphatic carbocycles. The summed E-state index contributed by atoms with van der Waals surface area (Å²) in [4.78, 5) is 85.1. The number of hydrogen-bond donors (Lipinski definition) is 0. The topological polar surface area (TPSA) is 181 Å². The maximum absolute atomic E-state index is 12.3. The van der Waals surface area contributed by atoms with Crippen LogP contribution in [0.5, 0.6) is 0 Å². The van der Waals surface area contributed by atoms with Crippen molar-refractivity contribution in [1.29, 1.82) is 0 Å². The number of methoxy groups -OCH3 is 1. The van der Waals surface area contributed by atoms with Gasteiger partial charge in [-0.15, -0.1) is 0 Å². The van der Waals surface area contributed by atoms with E-state index in [0.29, 0.717) is 32.6 Å². The van der Waals surface area contributed by atoms with Gasteiger partial charge in [-0.1, -0.05) is 0 Å². The summed E-state index contributed by atoms with van der Waals surface area (Å²) in [6.45, 7) is 4.50. The molecule has 0 radical (unpaired) electrons. The molecule has 1 aliphatic rings. The first-order chi connectivity index (χ1) is 19.4. The molecule has 0 N–H and O–H groups in total. The van der Waals surface area contributed by atoms with Crippen LogP contribution in [0.1, 0.15) is 20.3 Å². The van der Waals surface area contributed by atoms with Crippen LogP contribution in [0.15, 0.2) is 24.3 Å². The van der Waals surface area contributed by atoms with E-state index < -0.39 is 54.0 Å². The second kappa shape index (κ2) is 18.3. The van der Waals surface area contributed by atoms with Crippen molar-refractivity contribution in [2.75, 3.05) is 66.8 Å². The van der Waals surface area contributed by atoms with Gasteiger partial charge in [0.1, 0.15) is 6.54 Å². The Morgan fingerprint density at radius 3 is 2.15 bits per heavy atom. The SMILES string of the molecule is COC(=O)/C=C/C(=O)OC(C)C(=O)N(C)CC(=O)OCCCOC(=O)/C=C/C(=O)O[C@](C)(C=O)CN1CCOCC1. The number of rotatable bonds is 16. The lowest BCUT2D eigenvalue weighted by Crippen LogP contribution is -2.49. The predicted octanol–water partition coefficient (Wildman–Crippen LogP) is -1.03. The summed E-state index contributed by atoms with van der Waals surface area (Å²) in [7, 11) is 2.43. The van der Waals surface area contributed by atoms with Gasteiger partial charge in [0.25, 0.3) is 5.91 Å². The Bertz CT molecular complexity index is 1000. The minimum Gasteiger partial charge on any atom is -0.466 e. The molecule has 0 aromatic carbocycles. The van der Waals surface area contributed by atoms with Gasteiger partial charge in [-0.05, 0) is 13.8 Å². The zero-order valence-electron chi connectivity index (χ0n) is 23.5. The molecule has 0 saturated carbocycles. The number of carbonyl (C=O) groups excluding carboxylic acids is 7. The van der Waals surface area contributed by atoms with Gasteiger partial charge in [-0.2, -0.15) is 0 Å². The second-order valence-electron chi connectivity index (χ2n) is 8.94. The molecule has 1 rings (SSSR count). The maximum atomic E-state index is 12.3. The Labute approximate surface area is 237 Å². The number of hydrogen-bond acceptors (Lipinski definition) is 14. The third kappa shape index (κ3) is 14.7. The first-order valence-electron chi connectivity index (χ1n) is 12.6. The molecular formula is C26H36N2O13. The molecule has 0 spiro atoms. The van der Waals surface area contributed by atoms with Crippen molar-refractivity contribution < 1.29 is 62.0 Å². The Hall–Kier alpha value is -4.11. The quantitative estimate of drug-likeness (QED) is 0.0706. The summed E-state index contributed by atoms with van der Waals surface area (Å²) in [5.41, 5.74) is -1.39. The summed E-state index contributed by atoms with van der Waals surface area (Å²) < 4.78 is 29.5. The number of aldehydes is 1. The van der Waals surface area contributed by atoms with Crippen LogP contribution in [0.2, 0.25) is 0 Å². The van der Waals surface area contributed by atoms with Gasteiger partial charge in [0.2, 0.25) is 0 Å². The molecule has 41 heavy (non-hydrogen) atoms. The van der Waals surface area contributed by atoms with Gasteiger partial charge in [-0.3, -0.25) is 19.3 Å². The number of esters is 5. The highest BCUT2D eigenvalue weighted by atomic mass is 16.6. The van der Waals surface area contributed by atoms with E-state index in [1.807, 2.05) is 4.90 Å². The Kier molecular flexibility index (Phi) is 15.6. The fraction of sp³-hybridized carbons (Fsp3) is 0.577. The van der Waals surface area contributed by atoms with E-state index >= 15 is 0 Å². The average Bonchev–Trinajstić information content (AvgIpc) is 2.94. The smallest absolute Gasteiger partial charge is 0.332 e. The molecule has 1 heterocycles. The van der Waals surface area contributed by atoms with E-state index in [4.69, 9.17) is 23.7 Å². The van der Waals surface area contributed by atoms with Crippen LogP contribution in [-0.4, -0.2) is 130 Å². The van der Waals surface area contributed by atoms with Crippen molar-refractivity contribution in [3.05, 3.63) is 24.3 Å². The van der Waals surface area contributed by atoms with E-state index in [2.05, 4.69) is 4.74 Å². The number of nitrogens with zero attached hydrogens (tertiary/aromatic N) is 2. The van der Waals surface area contributed by atoms with E-state index in [-0.39, 0.29) is 26.2 Å². The van der Waals surface area contributed by atoms with Gasteiger partial charge in [0, 0.05) is 57.4 Å². The molecule has 1 amide bonds. The van der Waals surface area contributed by atoms with E-state index in [1.165, 1.54) is 20.9 Å². The molecule has 1 unspecified atom stereocenters. The predicted molar refractivity (Wildman–Crippen MR) is 138 cm³/mol. The summed E-state index contributed by atoms with van der Waals surface area (Å²) in [5, 5.41) is 0. The summed E-state index contributed by atoms with van der Waals surface area (Å²) >= 11 is 0. The minimum atomic E-state index is -1.39. The van der Waals surface area contributed by atoms with E-state index in [1.54, 1.807) is 0 Å². The lowest BCUT2D eigenvalue weighted by atomic mass is 10.1. The van der Waals surface area contributed by atoms with Crippen LogP contribution < -0.4 is 0 Å². The number of ether oxygens (including phenoxy) is 6. The van der Waals surface area contributed by atoms with Gasteiger partial charge < -0.3 is 33.3 Å². The zero-order chi connectivity index (χ0) is 30.8. The molecule has 0 aromatic heterocycles. The molecule has 0 bridgehead atoms. The van der Waals surface area contributed by atoms with Crippen LogP contribution in [0.3, 0.4) is 0 Å². The Morgan fingerprint density at radius 1 is 0.927 bits per heavy atom. The molecular weight excluding hydrogens is 548 g/mol. The fourth-order valence-electron chi connectivity index (χ4n) is 3.26. The Morgan fingerprint density at radius 2 is 1.51 bits per heavy atom. The molecule has 2 atom stereocenters. The van der Waals surface area contributed by atoms with Crippen LogP contribution in [0.25, 0.3) is 0 Å². The summed E-state index contributed by atoms with van der Waals surface area (Å²) in [6, 6.07) is 0. The molecule has 15 heteroatoms. The Balaban J connectivity index is 2.29. The van der Waals surface area contributed by atoms with Crippen molar-refractivity contribution in [2.45, 2.75) is 32.0 Å². The second-order valence-corrected chi connectivity index (χ2v) is 8.94. The van der Waals surface area contributed by atoms with Crippen molar-refractivity contribution in [1.82, 2.24) is 9.80 Å². The van der Waals surface area contributed by atoms with Gasteiger partial charge >= 0.3 is 29.8 Å². The maximum Gasteiger partial charge on any atom is 0.332 e. The monoisotopic (exact) mass is 584 g/mol. The molecule has 1 aliphatic heterocycles. The minimum absolute atomic E-state index is 0.123. The highest BCUT2D eigenvalue weighted by Crippen LogP contribution is 2.12. The van der Waals surface area contributed by atoms with Crippen LogP contribution >= 0.6 is 0 Å². The lowest BCUT2D eigenvalue weighted by Gasteiger charge is -2.33. The standard InChI is InChI=1S/C26H36N2O13/c1-19(40-22(32)8-6-20(30)36-4)25(35)27(3)16-24(34)39-13-5-12-38-21(31)7-9-23(33)41-26(2,18-29)17-28-10-14-37-15-11-28/h6-9,18-19H,5,10-17H2,1-4H3/b8-6+,9-7+/t19?,26-/m0/s1. The van der Waals surface area contributed by atoms with E-state index in [0.717, 1.165) is 36.3 Å². The van der Waals surface area contributed by atoms with Crippen LogP contribution in [-0.2, 0) is 62.0 Å². The van der Waals surface area contributed by atoms with Crippen LogP contribution in [0, 0.1) is 0 Å². The largest absolute Gasteiger partial charge is 0.466 e. The fourth-order valence-corrected chi connectivity index (χ4v) is 3.26. The third-order valence-electron chi connectivity index (χ3n) is 5.32. The highest BCUT2D eigenvalue weighted by molar-refractivity contribution is 5.94. The van der Waals surface area contributed by atoms with Crippen LogP contribution in [0.4, 0.5) is 0 Å². The van der Waals surface area contributed by atoms with Gasteiger partial charge in [0.05, 0.1) is 33.5 Å². The van der Waals surface area contributed by atoms with Gasteiger partial charge in [0.15, 0.2) is 18.0 Å². The number of carbonyl (C=O) groups is 7. The molecule has 1 saturated heterocycles. The number of amides is 1. The normalized spacial score (nSPS) is 15.8. The molecule has 228 valence electrons. The summed E-state index contributed by atoms with van der Waals surface area (Å²) in [6.07, 6.45) is 2.78. The van der Waals surface area contributed by atoms with Crippen molar-refractivity contribution >= 4 is 42.0 Å². The highest BCUT2D eigenvalue weighted by Gasteiger charge is 2.31. The van der Waals surface area contributed by atoms with Crippen molar-refractivity contribution in [3.63, 3.8) is 0 Å². The van der Waals surface area contributed by atoms with Crippen molar-refractivity contribution in [2.24, 2.45) is 0 Å². The number of likely N-dealkylation sites (N-methyl/N-ethyl adjacent to an activating group) is 1. The summed E-state index contributed by atoms with van der Waals surface area (Å²) in [5.74, 6) is -4.89. The number of morpholine rings is 1. The first kappa shape index (κ1) is 34.9. The van der Waals surface area contributed by atoms with E-state index in [9.17, 15) is 33.6 Å². The van der Waals surface area contributed by atoms with Crippen molar-refractivity contribution in [3.8, 4) is 0 Å². The average molecular weight is 585 g/mol. The zero-order valence-corrected chi connectivity index (χ0v) is 23.5. The lowest BCUT2D eigenvalue weighted by molar-refractivity contribution is -0.159. The molecule has 1 fully saturated rings. The van der Waals surface area contributed by atoms with Gasteiger partial charge in [-0.25, -0.2) is 19.2 Å². The first-order valence-corrected chi connectivity index (χ1v) is 12.6. The molecule has 15 nitrogen and oxygen atoms in total.